The van der Waals surface area contributed by atoms with Crippen molar-refractivity contribution in [2.24, 2.45) is 0 Å². The highest BCUT2D eigenvalue weighted by molar-refractivity contribution is 8.00. The van der Waals surface area contributed by atoms with Gasteiger partial charge in [-0.2, -0.15) is 0 Å². The Hall–Kier alpha value is -2.69. The number of aromatic amines is 1. The quantitative estimate of drug-likeness (QED) is 0.287. The summed E-state index contributed by atoms with van der Waals surface area (Å²) in [4.78, 5) is 26.8. The monoisotopic (exact) mass is 531 g/mol. The SMILES string of the molecule is CC.Cc1cc2c(F)c(Oc3ncnc(SC(C)C(=O)NCCN4CCOCC4)c3C(C)C)ccc2[nH]1. The molecule has 37 heavy (non-hydrogen) atoms. The molecular formula is C27H38FN5O3S. The van der Waals surface area contributed by atoms with Crippen molar-refractivity contribution < 1.29 is 18.7 Å². The van der Waals surface area contributed by atoms with Crippen molar-refractivity contribution in [2.45, 2.75) is 57.7 Å². The van der Waals surface area contributed by atoms with Gasteiger partial charge in [-0.3, -0.25) is 9.69 Å². The molecule has 0 saturated carbocycles. The maximum atomic E-state index is 15.1. The van der Waals surface area contributed by atoms with Crippen LogP contribution in [0.1, 0.15) is 51.8 Å². The standard InChI is InChI=1S/C25H32FN5O3S.C2H6/c1-15(2)21-24(34-20-6-5-19-18(22(20)26)13-16(3)30-19)28-14-29-25(21)35-17(4)23(32)27-7-8-31-9-11-33-12-10-31;1-2/h5-6,13-15,17,30H,7-12H2,1-4H3,(H,27,32);1-2H3. The Kier molecular flexibility index (Phi) is 10.7. The van der Waals surface area contributed by atoms with Crippen molar-refractivity contribution in [1.29, 1.82) is 0 Å². The molecule has 0 aliphatic carbocycles. The van der Waals surface area contributed by atoms with Crippen LogP contribution in [-0.2, 0) is 9.53 Å². The second kappa shape index (κ2) is 13.7. The van der Waals surface area contributed by atoms with Gasteiger partial charge in [0, 0.05) is 48.3 Å². The van der Waals surface area contributed by atoms with Gasteiger partial charge in [0.1, 0.15) is 11.4 Å². The molecule has 8 nitrogen and oxygen atoms in total. The molecule has 2 N–H and O–H groups in total. The number of aryl methyl sites for hydroxylation is 1. The second-order valence-electron chi connectivity index (χ2n) is 8.95. The molecule has 3 heterocycles. The summed E-state index contributed by atoms with van der Waals surface area (Å²) in [5.74, 6) is -0.0998. The zero-order chi connectivity index (χ0) is 26.9. The molecule has 202 valence electrons. The highest BCUT2D eigenvalue weighted by Gasteiger charge is 2.23. The number of hydrogen-bond donors (Lipinski definition) is 2. The van der Waals surface area contributed by atoms with E-state index in [1.807, 2.05) is 41.5 Å². The molecule has 2 aromatic heterocycles. The number of H-pyrrole nitrogens is 1. The molecule has 1 fully saturated rings. The van der Waals surface area contributed by atoms with Gasteiger partial charge in [-0.05, 0) is 38.0 Å². The number of hydrogen-bond acceptors (Lipinski definition) is 7. The van der Waals surface area contributed by atoms with E-state index in [1.54, 1.807) is 18.2 Å². The van der Waals surface area contributed by atoms with Crippen molar-refractivity contribution in [2.75, 3.05) is 39.4 Å². The van der Waals surface area contributed by atoms with E-state index in [4.69, 9.17) is 9.47 Å². The number of benzene rings is 1. The minimum absolute atomic E-state index is 0.00609. The second-order valence-corrected chi connectivity index (χ2v) is 10.3. The van der Waals surface area contributed by atoms with E-state index in [1.165, 1.54) is 18.1 Å². The number of amides is 1. The van der Waals surface area contributed by atoms with Crippen molar-refractivity contribution in [1.82, 2.24) is 25.2 Å². The van der Waals surface area contributed by atoms with Gasteiger partial charge in [0.15, 0.2) is 11.6 Å². The summed E-state index contributed by atoms with van der Waals surface area (Å²) in [5.41, 5.74) is 2.33. The number of nitrogens with zero attached hydrogens (tertiary/aromatic N) is 3. The lowest BCUT2D eigenvalue weighted by atomic mass is 10.1. The van der Waals surface area contributed by atoms with Crippen LogP contribution in [0.2, 0.25) is 0 Å². The van der Waals surface area contributed by atoms with Crippen LogP contribution >= 0.6 is 11.8 Å². The third kappa shape index (κ3) is 7.43. The predicted octanol–water partition coefficient (Wildman–Crippen LogP) is 5.28. The maximum Gasteiger partial charge on any atom is 0.233 e. The van der Waals surface area contributed by atoms with Crippen molar-refractivity contribution in [3.63, 3.8) is 0 Å². The van der Waals surface area contributed by atoms with E-state index in [-0.39, 0.29) is 22.8 Å². The Labute approximate surface area is 222 Å². The van der Waals surface area contributed by atoms with E-state index >= 15 is 4.39 Å². The average molecular weight is 532 g/mol. The Morgan fingerprint density at radius 2 is 1.97 bits per heavy atom. The fraction of sp³-hybridized carbons (Fsp3) is 0.519. The summed E-state index contributed by atoms with van der Waals surface area (Å²) >= 11 is 1.35. The van der Waals surface area contributed by atoms with Gasteiger partial charge in [-0.25, -0.2) is 14.4 Å². The summed E-state index contributed by atoms with van der Waals surface area (Å²) < 4.78 is 26.4. The molecule has 1 amide bonds. The van der Waals surface area contributed by atoms with E-state index in [9.17, 15) is 4.79 Å². The number of fused-ring (bicyclic) bond motifs is 1. The first-order chi connectivity index (χ1) is 17.8. The van der Waals surface area contributed by atoms with Gasteiger partial charge in [-0.1, -0.05) is 39.5 Å². The highest BCUT2D eigenvalue weighted by atomic mass is 32.2. The fourth-order valence-corrected chi connectivity index (χ4v) is 5.11. The summed E-state index contributed by atoms with van der Waals surface area (Å²) in [5, 5.41) is 3.77. The smallest absolute Gasteiger partial charge is 0.233 e. The third-order valence-electron chi connectivity index (χ3n) is 5.92. The van der Waals surface area contributed by atoms with E-state index in [0.29, 0.717) is 28.4 Å². The van der Waals surface area contributed by atoms with Crippen LogP contribution in [0.15, 0.2) is 29.6 Å². The molecule has 3 aromatic rings. The minimum atomic E-state index is -0.442. The van der Waals surface area contributed by atoms with Crippen LogP contribution < -0.4 is 10.1 Å². The van der Waals surface area contributed by atoms with Gasteiger partial charge in [0.25, 0.3) is 0 Å². The van der Waals surface area contributed by atoms with Crippen molar-refractivity contribution in [3.8, 4) is 11.6 Å². The lowest BCUT2D eigenvalue weighted by Gasteiger charge is -2.26. The molecule has 1 aliphatic rings. The van der Waals surface area contributed by atoms with Crippen LogP contribution in [0.3, 0.4) is 0 Å². The van der Waals surface area contributed by atoms with Crippen LogP contribution in [0.25, 0.3) is 10.9 Å². The molecule has 1 atom stereocenters. The number of carbonyl (C=O) groups excluding carboxylic acids is 1. The number of nitrogens with one attached hydrogen (secondary N) is 2. The molecule has 1 saturated heterocycles. The molecule has 0 spiro atoms. The molecule has 1 aliphatic heterocycles. The Bertz CT molecular complexity index is 1180. The Morgan fingerprint density at radius 3 is 2.68 bits per heavy atom. The zero-order valence-electron chi connectivity index (χ0n) is 22.6. The zero-order valence-corrected chi connectivity index (χ0v) is 23.4. The number of carbonyl (C=O) groups is 1. The van der Waals surface area contributed by atoms with E-state index in [0.717, 1.165) is 44.1 Å². The number of rotatable bonds is 9. The summed E-state index contributed by atoms with van der Waals surface area (Å²) in [6.45, 7) is 16.4. The van der Waals surface area contributed by atoms with E-state index < -0.39 is 5.82 Å². The largest absolute Gasteiger partial charge is 0.435 e. The van der Waals surface area contributed by atoms with Crippen molar-refractivity contribution >= 4 is 28.6 Å². The normalized spacial score (nSPS) is 14.8. The molecule has 0 radical (unpaired) electrons. The maximum absolute atomic E-state index is 15.1. The van der Waals surface area contributed by atoms with Crippen LogP contribution in [0.5, 0.6) is 11.6 Å². The number of ether oxygens (including phenoxy) is 2. The third-order valence-corrected chi connectivity index (χ3v) is 7.04. The predicted molar refractivity (Wildman–Crippen MR) is 146 cm³/mol. The van der Waals surface area contributed by atoms with Gasteiger partial charge in [0.05, 0.1) is 18.5 Å². The summed E-state index contributed by atoms with van der Waals surface area (Å²) in [6.07, 6.45) is 1.39. The number of aromatic nitrogens is 3. The lowest BCUT2D eigenvalue weighted by Crippen LogP contribution is -2.42. The van der Waals surface area contributed by atoms with Crippen LogP contribution in [-0.4, -0.2) is 70.4 Å². The van der Waals surface area contributed by atoms with Crippen LogP contribution in [0, 0.1) is 12.7 Å². The molecule has 1 unspecified atom stereocenters. The summed E-state index contributed by atoms with van der Waals surface area (Å²) in [6, 6.07) is 5.13. The molecule has 0 bridgehead atoms. The number of thioether (sulfide) groups is 1. The van der Waals surface area contributed by atoms with Gasteiger partial charge >= 0.3 is 0 Å². The average Bonchev–Trinajstić information content (AvgIpc) is 3.28. The molecule has 4 rings (SSSR count). The molecular weight excluding hydrogens is 493 g/mol. The topological polar surface area (TPSA) is 92.4 Å². The van der Waals surface area contributed by atoms with Gasteiger partial charge in [0.2, 0.25) is 11.8 Å². The summed E-state index contributed by atoms with van der Waals surface area (Å²) in [7, 11) is 0. The van der Waals surface area contributed by atoms with E-state index in [2.05, 4.69) is 25.2 Å². The minimum Gasteiger partial charge on any atom is -0.435 e. The first-order valence-corrected chi connectivity index (χ1v) is 13.8. The first kappa shape index (κ1) is 28.9. The van der Waals surface area contributed by atoms with Crippen LogP contribution in [0.4, 0.5) is 4.39 Å². The number of morpholine rings is 1. The van der Waals surface area contributed by atoms with Gasteiger partial charge in [-0.15, -0.1) is 0 Å². The lowest BCUT2D eigenvalue weighted by molar-refractivity contribution is -0.120. The highest BCUT2D eigenvalue weighted by Crippen LogP contribution is 2.38. The first-order valence-electron chi connectivity index (χ1n) is 12.9. The Morgan fingerprint density at radius 1 is 1.24 bits per heavy atom. The van der Waals surface area contributed by atoms with Crippen molar-refractivity contribution in [3.05, 3.63) is 41.6 Å². The Balaban J connectivity index is 0.00000186. The molecule has 1 aromatic carbocycles. The fourth-order valence-electron chi connectivity index (χ4n) is 4.03. The molecule has 10 heteroatoms. The van der Waals surface area contributed by atoms with Gasteiger partial charge < -0.3 is 19.8 Å². The number of halogens is 1.